The summed E-state index contributed by atoms with van der Waals surface area (Å²) in [5.41, 5.74) is 0.953. The van der Waals surface area contributed by atoms with Crippen molar-refractivity contribution in [2.24, 2.45) is 0 Å². The lowest BCUT2D eigenvalue weighted by atomic mass is 10.1. The minimum absolute atomic E-state index is 0.0305. The molecule has 158 valence electrons. The van der Waals surface area contributed by atoms with Gasteiger partial charge in [0.05, 0.1) is 17.2 Å². The summed E-state index contributed by atoms with van der Waals surface area (Å²) < 4.78 is 6.91. The van der Waals surface area contributed by atoms with Crippen LogP contribution in [0.4, 0.5) is 5.69 Å². The zero-order valence-corrected chi connectivity index (χ0v) is 18.9. The van der Waals surface area contributed by atoms with Crippen LogP contribution in [0.5, 0.6) is 0 Å². The number of thioether (sulfide) groups is 1. The number of nitrogens with one attached hydrogen (secondary N) is 1. The number of hydrogen-bond donors (Lipinski definition) is 1. The summed E-state index contributed by atoms with van der Waals surface area (Å²) in [5, 5.41) is 14.6. The Morgan fingerprint density at radius 1 is 1.27 bits per heavy atom. The van der Waals surface area contributed by atoms with Gasteiger partial charge in [0.1, 0.15) is 6.54 Å². The van der Waals surface area contributed by atoms with E-state index in [1.807, 2.05) is 29.0 Å². The van der Waals surface area contributed by atoms with Crippen LogP contribution in [0.2, 0.25) is 5.02 Å². The minimum Gasteiger partial charge on any atom is -0.465 e. The SMILES string of the molecule is CCOC(=O)CNc1ccc(Cl)cc1C(=O)CSc1nnc(-c2cccs2)n1CC. The first kappa shape index (κ1) is 22.3. The van der Waals surface area contributed by atoms with Crippen LogP contribution in [-0.4, -0.2) is 45.4 Å². The van der Waals surface area contributed by atoms with E-state index in [4.69, 9.17) is 16.3 Å². The summed E-state index contributed by atoms with van der Waals surface area (Å²) in [4.78, 5) is 25.6. The molecule has 3 aromatic rings. The molecule has 0 aliphatic carbocycles. The van der Waals surface area contributed by atoms with E-state index >= 15 is 0 Å². The number of halogens is 1. The van der Waals surface area contributed by atoms with Crippen molar-refractivity contribution in [2.75, 3.05) is 24.2 Å². The second-order valence-electron chi connectivity index (χ2n) is 6.09. The Balaban J connectivity index is 1.72. The van der Waals surface area contributed by atoms with Gasteiger partial charge in [0, 0.05) is 22.8 Å². The molecule has 2 aromatic heterocycles. The van der Waals surface area contributed by atoms with Crippen molar-refractivity contribution in [3.05, 3.63) is 46.3 Å². The number of anilines is 1. The Bertz CT molecular complexity index is 1020. The third kappa shape index (κ3) is 5.41. The van der Waals surface area contributed by atoms with E-state index in [1.54, 1.807) is 36.5 Å². The number of benzene rings is 1. The van der Waals surface area contributed by atoms with Gasteiger partial charge < -0.3 is 14.6 Å². The number of esters is 1. The van der Waals surface area contributed by atoms with Crippen LogP contribution in [0.3, 0.4) is 0 Å². The third-order valence-electron chi connectivity index (χ3n) is 4.12. The maximum atomic E-state index is 12.9. The van der Waals surface area contributed by atoms with Gasteiger partial charge in [-0.1, -0.05) is 29.4 Å². The van der Waals surface area contributed by atoms with Crippen molar-refractivity contribution >= 4 is 52.1 Å². The summed E-state index contributed by atoms with van der Waals surface area (Å²) in [6.45, 7) is 4.72. The largest absolute Gasteiger partial charge is 0.465 e. The number of aromatic nitrogens is 3. The molecule has 0 aliphatic rings. The number of ketones is 1. The average Bonchev–Trinajstić information content (AvgIpc) is 3.40. The van der Waals surface area contributed by atoms with Gasteiger partial charge in [-0.25, -0.2) is 0 Å². The Kier molecular flexibility index (Phi) is 7.89. The predicted molar refractivity (Wildman–Crippen MR) is 121 cm³/mol. The van der Waals surface area contributed by atoms with E-state index in [0.29, 0.717) is 34.6 Å². The van der Waals surface area contributed by atoms with Crippen LogP contribution >= 0.6 is 34.7 Å². The Hall–Kier alpha value is -2.36. The fourth-order valence-electron chi connectivity index (χ4n) is 2.76. The van der Waals surface area contributed by atoms with E-state index in [9.17, 15) is 9.59 Å². The molecule has 0 saturated heterocycles. The van der Waals surface area contributed by atoms with Gasteiger partial charge >= 0.3 is 5.97 Å². The molecule has 0 bridgehead atoms. The van der Waals surface area contributed by atoms with Gasteiger partial charge in [-0.2, -0.15) is 0 Å². The number of rotatable bonds is 10. The molecular formula is C20H21ClN4O3S2. The van der Waals surface area contributed by atoms with Crippen LogP contribution in [0.25, 0.3) is 10.7 Å². The number of thiophene rings is 1. The fraction of sp³-hybridized carbons (Fsp3) is 0.300. The second-order valence-corrected chi connectivity index (χ2v) is 8.41. The predicted octanol–water partition coefficient (Wildman–Crippen LogP) is 4.63. The Morgan fingerprint density at radius 2 is 2.10 bits per heavy atom. The molecule has 0 spiro atoms. The summed E-state index contributed by atoms with van der Waals surface area (Å²) >= 11 is 9.01. The van der Waals surface area contributed by atoms with E-state index in [2.05, 4.69) is 15.5 Å². The first-order valence-electron chi connectivity index (χ1n) is 9.35. The first-order valence-corrected chi connectivity index (χ1v) is 11.6. The molecule has 0 amide bonds. The number of carbonyl (C=O) groups excluding carboxylic acids is 2. The number of nitrogens with zero attached hydrogens (tertiary/aromatic N) is 3. The van der Waals surface area contributed by atoms with Gasteiger partial charge in [-0.3, -0.25) is 9.59 Å². The van der Waals surface area contributed by atoms with Gasteiger partial charge in [0.15, 0.2) is 16.8 Å². The average molecular weight is 465 g/mol. The lowest BCUT2D eigenvalue weighted by Gasteiger charge is -2.12. The van der Waals surface area contributed by atoms with E-state index in [0.717, 1.165) is 10.7 Å². The molecule has 0 fully saturated rings. The molecule has 1 aromatic carbocycles. The molecule has 0 radical (unpaired) electrons. The molecule has 0 saturated carbocycles. The minimum atomic E-state index is -0.391. The molecule has 0 atom stereocenters. The summed E-state index contributed by atoms with van der Waals surface area (Å²) in [6, 6.07) is 8.91. The highest BCUT2D eigenvalue weighted by Crippen LogP contribution is 2.28. The molecule has 3 rings (SSSR count). The van der Waals surface area contributed by atoms with Crippen LogP contribution in [0.1, 0.15) is 24.2 Å². The van der Waals surface area contributed by atoms with Crippen LogP contribution < -0.4 is 5.32 Å². The smallest absolute Gasteiger partial charge is 0.325 e. The van der Waals surface area contributed by atoms with Crippen LogP contribution in [0.15, 0.2) is 40.9 Å². The van der Waals surface area contributed by atoms with Crippen molar-refractivity contribution in [1.82, 2.24) is 14.8 Å². The van der Waals surface area contributed by atoms with Gasteiger partial charge in [0.2, 0.25) is 0 Å². The third-order valence-corrected chi connectivity index (χ3v) is 6.19. The number of carbonyl (C=O) groups is 2. The second kappa shape index (κ2) is 10.6. The lowest BCUT2D eigenvalue weighted by Crippen LogP contribution is -2.18. The topological polar surface area (TPSA) is 86.1 Å². The van der Waals surface area contributed by atoms with Gasteiger partial charge in [-0.05, 0) is 43.5 Å². The molecule has 2 heterocycles. The van der Waals surface area contributed by atoms with Crippen molar-refractivity contribution in [3.63, 3.8) is 0 Å². The van der Waals surface area contributed by atoms with Gasteiger partial charge in [-0.15, -0.1) is 21.5 Å². The number of Topliss-reactive ketones (excluding diaryl/α,β-unsaturated/α-hetero) is 1. The maximum Gasteiger partial charge on any atom is 0.325 e. The molecule has 30 heavy (non-hydrogen) atoms. The molecule has 0 unspecified atom stereocenters. The van der Waals surface area contributed by atoms with Gasteiger partial charge in [0.25, 0.3) is 0 Å². The number of ether oxygens (including phenoxy) is 1. The molecule has 10 heteroatoms. The molecule has 7 nitrogen and oxygen atoms in total. The highest BCUT2D eigenvalue weighted by molar-refractivity contribution is 7.99. The highest BCUT2D eigenvalue weighted by atomic mass is 35.5. The summed E-state index contributed by atoms with van der Waals surface area (Å²) in [6.07, 6.45) is 0. The molecular weight excluding hydrogens is 444 g/mol. The standard InChI is InChI=1S/C20H21ClN4O3S2/c1-3-25-19(17-6-5-9-29-17)23-24-20(25)30-12-16(26)14-10-13(21)7-8-15(14)22-11-18(27)28-4-2/h5-10,22H,3-4,11-12H2,1-2H3. The molecule has 0 aliphatic heterocycles. The van der Waals surface area contributed by atoms with E-state index in [1.165, 1.54) is 11.8 Å². The Morgan fingerprint density at radius 3 is 2.80 bits per heavy atom. The summed E-state index contributed by atoms with van der Waals surface area (Å²) in [7, 11) is 0. The van der Waals surface area contributed by atoms with Crippen molar-refractivity contribution in [1.29, 1.82) is 0 Å². The first-order chi connectivity index (χ1) is 14.5. The fourth-order valence-corrected chi connectivity index (χ4v) is 4.53. The van der Waals surface area contributed by atoms with Crippen molar-refractivity contribution < 1.29 is 14.3 Å². The normalized spacial score (nSPS) is 10.8. The zero-order valence-electron chi connectivity index (χ0n) is 16.6. The Labute approximate surface area is 187 Å². The highest BCUT2D eigenvalue weighted by Gasteiger charge is 2.18. The van der Waals surface area contributed by atoms with Crippen LogP contribution in [0, 0.1) is 0 Å². The van der Waals surface area contributed by atoms with Crippen LogP contribution in [-0.2, 0) is 16.1 Å². The maximum absolute atomic E-state index is 12.9. The zero-order chi connectivity index (χ0) is 21.5. The summed E-state index contributed by atoms with van der Waals surface area (Å²) in [5.74, 6) is 0.438. The van der Waals surface area contributed by atoms with Crippen molar-refractivity contribution in [2.45, 2.75) is 25.5 Å². The lowest BCUT2D eigenvalue weighted by molar-refractivity contribution is -0.140. The van der Waals surface area contributed by atoms with E-state index < -0.39 is 5.97 Å². The van der Waals surface area contributed by atoms with Crippen molar-refractivity contribution in [3.8, 4) is 10.7 Å². The quantitative estimate of drug-likeness (QED) is 0.266. The van der Waals surface area contributed by atoms with E-state index in [-0.39, 0.29) is 18.1 Å². The number of hydrogen-bond acceptors (Lipinski definition) is 8. The molecule has 1 N–H and O–H groups in total. The monoisotopic (exact) mass is 464 g/mol.